The Bertz CT molecular complexity index is 1440. The van der Waals surface area contributed by atoms with E-state index in [-0.39, 0.29) is 11.6 Å². The molecule has 3 heterocycles. The van der Waals surface area contributed by atoms with Crippen molar-refractivity contribution in [2.75, 3.05) is 42.7 Å². The SMILES string of the molecule is Cc1nc(N[C@H](C)c2cccc(C(F)F)c2F)c2cc3c(cc2n1)OC[C@H]1CN(S(C)(=O)=O)CCN31. The molecule has 0 aliphatic carbocycles. The minimum atomic E-state index is -3.31. The molecular weight excluding hydrogens is 495 g/mol. The first kappa shape index (κ1) is 24.6. The lowest BCUT2D eigenvalue weighted by Crippen LogP contribution is -2.58. The van der Waals surface area contributed by atoms with Gasteiger partial charge in [0.15, 0.2) is 0 Å². The van der Waals surface area contributed by atoms with Gasteiger partial charge in [0.25, 0.3) is 6.43 Å². The standard InChI is InChI=1S/C24H26F3N5O3S/c1-13(16-5-4-6-17(22(16)25)23(26)27)28-24-18-9-20-21(10-19(18)29-14(2)30-24)35-12-15-11-31(36(3,33)34)7-8-32(15)20/h4-6,9-10,13,15,23H,7-8,11-12H2,1-3H3,(H,28,29,30)/t13-,15-/m1/s1. The number of alkyl halides is 2. The summed E-state index contributed by atoms with van der Waals surface area (Å²) in [4.78, 5) is 11.2. The molecule has 0 bridgehead atoms. The second-order valence-corrected chi connectivity index (χ2v) is 11.1. The number of benzene rings is 2. The van der Waals surface area contributed by atoms with Crippen molar-refractivity contribution in [2.45, 2.75) is 32.4 Å². The van der Waals surface area contributed by atoms with Gasteiger partial charge in [-0.1, -0.05) is 18.2 Å². The Kier molecular flexibility index (Phi) is 6.19. The summed E-state index contributed by atoms with van der Waals surface area (Å²) in [5.74, 6) is 0.611. The lowest BCUT2D eigenvalue weighted by atomic mass is 10.0. The summed E-state index contributed by atoms with van der Waals surface area (Å²) < 4.78 is 72.7. The minimum Gasteiger partial charge on any atom is -0.489 e. The van der Waals surface area contributed by atoms with Crippen LogP contribution in [0.5, 0.6) is 5.75 Å². The van der Waals surface area contributed by atoms with Crippen molar-refractivity contribution in [3.8, 4) is 5.75 Å². The van der Waals surface area contributed by atoms with Gasteiger partial charge >= 0.3 is 0 Å². The largest absolute Gasteiger partial charge is 0.489 e. The molecule has 2 atom stereocenters. The number of anilines is 2. The quantitative estimate of drug-likeness (QED) is 0.543. The van der Waals surface area contributed by atoms with E-state index < -0.39 is 33.9 Å². The number of aryl methyl sites for hydroxylation is 1. The average Bonchev–Trinajstić information content (AvgIpc) is 2.81. The predicted molar refractivity (Wildman–Crippen MR) is 131 cm³/mol. The van der Waals surface area contributed by atoms with Crippen LogP contribution in [-0.4, -0.2) is 61.2 Å². The Morgan fingerprint density at radius 3 is 2.64 bits per heavy atom. The summed E-state index contributed by atoms with van der Waals surface area (Å²) in [6.07, 6.45) is -1.71. The first-order chi connectivity index (χ1) is 17.0. The fourth-order valence-corrected chi connectivity index (χ4v) is 5.70. The molecule has 36 heavy (non-hydrogen) atoms. The predicted octanol–water partition coefficient (Wildman–Crippen LogP) is 4.03. The molecule has 0 amide bonds. The maximum atomic E-state index is 14.8. The summed E-state index contributed by atoms with van der Waals surface area (Å²) in [5, 5.41) is 3.83. The van der Waals surface area contributed by atoms with Crippen molar-refractivity contribution in [3.05, 3.63) is 53.1 Å². The fourth-order valence-electron chi connectivity index (χ4n) is 4.84. The van der Waals surface area contributed by atoms with Gasteiger partial charge in [-0.25, -0.2) is 31.6 Å². The molecule has 2 aromatic carbocycles. The Labute approximate surface area is 207 Å². The van der Waals surface area contributed by atoms with Gasteiger partial charge in [0, 0.05) is 36.7 Å². The van der Waals surface area contributed by atoms with Crippen LogP contribution in [0, 0.1) is 12.7 Å². The summed E-state index contributed by atoms with van der Waals surface area (Å²) in [6, 6.07) is 6.85. The van der Waals surface area contributed by atoms with E-state index in [1.54, 1.807) is 13.8 Å². The number of aromatic nitrogens is 2. The lowest BCUT2D eigenvalue weighted by molar-refractivity contribution is 0.146. The molecule has 0 saturated carbocycles. The van der Waals surface area contributed by atoms with Crippen molar-refractivity contribution < 1.29 is 26.3 Å². The number of sulfonamides is 1. The zero-order chi connectivity index (χ0) is 25.8. The van der Waals surface area contributed by atoms with Crippen LogP contribution in [0.15, 0.2) is 30.3 Å². The van der Waals surface area contributed by atoms with Crippen LogP contribution in [0.3, 0.4) is 0 Å². The Balaban J connectivity index is 1.51. The van der Waals surface area contributed by atoms with Crippen LogP contribution in [-0.2, 0) is 10.0 Å². The van der Waals surface area contributed by atoms with Gasteiger partial charge in [-0.3, -0.25) is 0 Å². The molecule has 192 valence electrons. The summed E-state index contributed by atoms with van der Waals surface area (Å²) in [7, 11) is -3.31. The van der Waals surface area contributed by atoms with Crippen LogP contribution >= 0.6 is 0 Å². The van der Waals surface area contributed by atoms with Crippen LogP contribution in [0.4, 0.5) is 24.7 Å². The zero-order valence-electron chi connectivity index (χ0n) is 20.0. The zero-order valence-corrected chi connectivity index (χ0v) is 20.8. The third-order valence-electron chi connectivity index (χ3n) is 6.66. The topological polar surface area (TPSA) is 87.7 Å². The molecule has 2 aliphatic rings. The highest BCUT2D eigenvalue weighted by molar-refractivity contribution is 7.88. The van der Waals surface area contributed by atoms with Crippen LogP contribution in [0.2, 0.25) is 0 Å². The van der Waals surface area contributed by atoms with Gasteiger partial charge in [-0.05, 0) is 19.9 Å². The van der Waals surface area contributed by atoms with E-state index >= 15 is 0 Å². The number of ether oxygens (including phenoxy) is 1. The van der Waals surface area contributed by atoms with E-state index in [0.29, 0.717) is 54.5 Å². The molecule has 2 aliphatic heterocycles. The first-order valence-corrected chi connectivity index (χ1v) is 13.4. The van der Waals surface area contributed by atoms with Crippen molar-refractivity contribution in [1.82, 2.24) is 14.3 Å². The van der Waals surface area contributed by atoms with E-state index in [9.17, 15) is 21.6 Å². The number of hydrogen-bond acceptors (Lipinski definition) is 7. The second-order valence-electron chi connectivity index (χ2n) is 9.15. The van der Waals surface area contributed by atoms with Crippen molar-refractivity contribution in [3.63, 3.8) is 0 Å². The fraction of sp³-hybridized carbons (Fsp3) is 0.417. The molecular formula is C24H26F3N5O3S. The van der Waals surface area contributed by atoms with Gasteiger partial charge in [0.1, 0.15) is 29.8 Å². The minimum absolute atomic E-state index is 0.107. The molecule has 3 aromatic rings. The number of nitrogens with zero attached hydrogens (tertiary/aromatic N) is 4. The van der Waals surface area contributed by atoms with E-state index in [1.165, 1.54) is 22.7 Å². The first-order valence-electron chi connectivity index (χ1n) is 11.5. The molecule has 1 N–H and O–H groups in total. The van der Waals surface area contributed by atoms with Gasteiger partial charge < -0.3 is 15.0 Å². The van der Waals surface area contributed by atoms with E-state index in [1.807, 2.05) is 12.1 Å². The van der Waals surface area contributed by atoms with E-state index in [0.717, 1.165) is 11.8 Å². The lowest BCUT2D eigenvalue weighted by Gasteiger charge is -2.44. The van der Waals surface area contributed by atoms with Crippen LogP contribution < -0.4 is 15.0 Å². The number of fused-ring (bicyclic) bond motifs is 4. The van der Waals surface area contributed by atoms with Gasteiger partial charge in [0.05, 0.1) is 35.1 Å². The highest BCUT2D eigenvalue weighted by Crippen LogP contribution is 2.40. The summed E-state index contributed by atoms with van der Waals surface area (Å²) in [5.41, 5.74) is 0.873. The van der Waals surface area contributed by atoms with Crippen molar-refractivity contribution in [1.29, 1.82) is 0 Å². The highest BCUT2D eigenvalue weighted by atomic mass is 32.2. The average molecular weight is 522 g/mol. The monoisotopic (exact) mass is 521 g/mol. The van der Waals surface area contributed by atoms with E-state index in [2.05, 4.69) is 20.2 Å². The van der Waals surface area contributed by atoms with Gasteiger partial charge in [0.2, 0.25) is 10.0 Å². The number of nitrogens with one attached hydrogen (secondary N) is 1. The molecule has 0 spiro atoms. The molecule has 1 aromatic heterocycles. The third-order valence-corrected chi connectivity index (χ3v) is 7.93. The number of piperazine rings is 1. The molecule has 5 rings (SSSR count). The number of halogens is 3. The Hall–Kier alpha value is -3.12. The van der Waals surface area contributed by atoms with Crippen LogP contribution in [0.25, 0.3) is 10.9 Å². The number of rotatable bonds is 5. The maximum absolute atomic E-state index is 14.8. The Morgan fingerprint density at radius 2 is 1.92 bits per heavy atom. The second kappa shape index (κ2) is 9.07. The smallest absolute Gasteiger partial charge is 0.266 e. The third kappa shape index (κ3) is 4.43. The molecule has 1 fully saturated rings. The summed E-state index contributed by atoms with van der Waals surface area (Å²) in [6.45, 7) is 4.93. The molecule has 1 saturated heterocycles. The molecule has 0 unspecified atom stereocenters. The normalized spacial score (nSPS) is 19.1. The van der Waals surface area contributed by atoms with Crippen LogP contribution in [0.1, 0.15) is 36.3 Å². The highest BCUT2D eigenvalue weighted by Gasteiger charge is 2.36. The summed E-state index contributed by atoms with van der Waals surface area (Å²) >= 11 is 0. The maximum Gasteiger partial charge on any atom is 0.266 e. The van der Waals surface area contributed by atoms with Gasteiger partial charge in [-0.2, -0.15) is 4.31 Å². The Morgan fingerprint density at radius 1 is 1.17 bits per heavy atom. The van der Waals surface area contributed by atoms with Crippen molar-refractivity contribution >= 4 is 32.4 Å². The van der Waals surface area contributed by atoms with Gasteiger partial charge in [-0.15, -0.1) is 0 Å². The van der Waals surface area contributed by atoms with E-state index in [4.69, 9.17) is 4.74 Å². The number of hydrogen-bond donors (Lipinski definition) is 1. The van der Waals surface area contributed by atoms with Crippen molar-refractivity contribution in [2.24, 2.45) is 0 Å². The molecule has 12 heteroatoms. The molecule has 0 radical (unpaired) electrons. The molecule has 8 nitrogen and oxygen atoms in total.